The quantitative estimate of drug-likeness (QED) is 0.709. The van der Waals surface area contributed by atoms with E-state index >= 15 is 0 Å². The Kier molecular flexibility index (Phi) is 5.26. The predicted octanol–water partition coefficient (Wildman–Crippen LogP) is 2.94. The number of hydrogen-bond donors (Lipinski definition) is 2. The fourth-order valence-corrected chi connectivity index (χ4v) is 3.88. The fraction of sp³-hybridized carbons (Fsp3) is 0.316. The molecule has 140 valence electrons. The summed E-state index contributed by atoms with van der Waals surface area (Å²) in [6, 6.07) is 9.83. The van der Waals surface area contributed by atoms with Gasteiger partial charge in [0.05, 0.1) is 6.04 Å². The van der Waals surface area contributed by atoms with Crippen LogP contribution in [0.15, 0.2) is 59.0 Å². The van der Waals surface area contributed by atoms with Crippen LogP contribution in [0.5, 0.6) is 0 Å². The number of benzene rings is 1. The van der Waals surface area contributed by atoms with Crippen molar-refractivity contribution in [3.8, 4) is 0 Å². The molecule has 0 radical (unpaired) electrons. The molecule has 0 aliphatic carbocycles. The van der Waals surface area contributed by atoms with Crippen LogP contribution < -0.4 is 10.6 Å². The molecule has 1 amide bonds. The molecule has 3 heterocycles. The molecular formula is C19H22N6OS. The van der Waals surface area contributed by atoms with E-state index in [1.54, 1.807) is 24.0 Å². The predicted molar refractivity (Wildman–Crippen MR) is 105 cm³/mol. The van der Waals surface area contributed by atoms with Crippen molar-refractivity contribution in [2.75, 3.05) is 18.4 Å². The van der Waals surface area contributed by atoms with E-state index in [2.05, 4.69) is 20.7 Å². The van der Waals surface area contributed by atoms with Gasteiger partial charge in [-0.15, -0.1) is 0 Å². The molecule has 27 heavy (non-hydrogen) atoms. The molecule has 4 rings (SSSR count). The van der Waals surface area contributed by atoms with Crippen molar-refractivity contribution >= 4 is 23.4 Å². The highest BCUT2D eigenvalue weighted by Gasteiger charge is 2.17. The Morgan fingerprint density at radius 2 is 2.11 bits per heavy atom. The van der Waals surface area contributed by atoms with E-state index in [1.807, 2.05) is 53.0 Å². The van der Waals surface area contributed by atoms with Gasteiger partial charge in [-0.2, -0.15) is 5.10 Å². The van der Waals surface area contributed by atoms with Crippen molar-refractivity contribution in [3.63, 3.8) is 0 Å². The third-order valence-corrected chi connectivity index (χ3v) is 5.67. The summed E-state index contributed by atoms with van der Waals surface area (Å²) in [5.41, 5.74) is 1.19. The molecule has 1 aromatic carbocycles. The van der Waals surface area contributed by atoms with Gasteiger partial charge < -0.3 is 15.2 Å². The van der Waals surface area contributed by atoms with Gasteiger partial charge in [-0.25, -0.2) is 4.98 Å². The summed E-state index contributed by atoms with van der Waals surface area (Å²) >= 11 is 1.58. The molecule has 1 saturated heterocycles. The second kappa shape index (κ2) is 7.98. The minimum Gasteiger partial charge on any atom is -0.329 e. The zero-order valence-electron chi connectivity index (χ0n) is 15.1. The van der Waals surface area contributed by atoms with Crippen molar-refractivity contribution in [1.82, 2.24) is 24.6 Å². The standard InChI is InChI=1S/C19H22N6OS/c1-24-12-10-21-19(24)27-16-6-4-14(5-7-16)22-18(26)17-8-11-25(23-17)15-3-2-9-20-13-15/h4-8,10-12,15,20H,2-3,9,13H2,1H3,(H,22,26). The fourth-order valence-electron chi connectivity index (χ4n) is 3.08. The molecule has 1 unspecified atom stereocenters. The van der Waals surface area contributed by atoms with Crippen LogP contribution in [0.1, 0.15) is 29.4 Å². The first-order valence-electron chi connectivity index (χ1n) is 9.01. The number of aromatic nitrogens is 4. The summed E-state index contributed by atoms with van der Waals surface area (Å²) in [5.74, 6) is -0.193. The molecule has 1 aliphatic heterocycles. The van der Waals surface area contributed by atoms with Crippen LogP contribution >= 0.6 is 11.8 Å². The Labute approximate surface area is 162 Å². The molecule has 0 saturated carbocycles. The Morgan fingerprint density at radius 1 is 1.26 bits per heavy atom. The highest BCUT2D eigenvalue weighted by atomic mass is 32.2. The first kappa shape index (κ1) is 17.8. The van der Waals surface area contributed by atoms with E-state index in [9.17, 15) is 4.79 Å². The van der Waals surface area contributed by atoms with E-state index in [0.29, 0.717) is 11.7 Å². The van der Waals surface area contributed by atoms with Gasteiger partial charge in [-0.05, 0) is 49.7 Å². The third kappa shape index (κ3) is 4.23. The number of nitrogens with zero attached hydrogens (tertiary/aromatic N) is 4. The minimum atomic E-state index is -0.193. The number of nitrogens with one attached hydrogen (secondary N) is 2. The Bertz CT molecular complexity index is 910. The van der Waals surface area contributed by atoms with Crippen LogP contribution in [0.3, 0.4) is 0 Å². The lowest BCUT2D eigenvalue weighted by Gasteiger charge is -2.22. The first-order valence-corrected chi connectivity index (χ1v) is 9.83. The van der Waals surface area contributed by atoms with Crippen LogP contribution in [0.25, 0.3) is 0 Å². The monoisotopic (exact) mass is 382 g/mol. The largest absolute Gasteiger partial charge is 0.329 e. The lowest BCUT2D eigenvalue weighted by atomic mass is 10.1. The maximum Gasteiger partial charge on any atom is 0.276 e. The van der Waals surface area contributed by atoms with Gasteiger partial charge in [-0.1, -0.05) is 11.8 Å². The van der Waals surface area contributed by atoms with Crippen LogP contribution in [-0.4, -0.2) is 38.3 Å². The van der Waals surface area contributed by atoms with Crippen molar-refractivity contribution in [3.05, 3.63) is 54.6 Å². The van der Waals surface area contributed by atoms with Crippen LogP contribution in [-0.2, 0) is 7.05 Å². The van der Waals surface area contributed by atoms with Crippen molar-refractivity contribution < 1.29 is 4.79 Å². The number of amides is 1. The number of carbonyl (C=O) groups is 1. The van der Waals surface area contributed by atoms with E-state index < -0.39 is 0 Å². The van der Waals surface area contributed by atoms with Gasteiger partial charge in [0, 0.05) is 42.8 Å². The zero-order valence-corrected chi connectivity index (χ0v) is 15.9. The number of piperidine rings is 1. The normalized spacial score (nSPS) is 17.0. The average Bonchev–Trinajstić information content (AvgIpc) is 3.34. The highest BCUT2D eigenvalue weighted by molar-refractivity contribution is 7.99. The Hall–Kier alpha value is -2.58. The molecule has 2 aromatic heterocycles. The summed E-state index contributed by atoms with van der Waals surface area (Å²) in [7, 11) is 1.96. The smallest absolute Gasteiger partial charge is 0.276 e. The second-order valence-corrected chi connectivity index (χ2v) is 7.62. The summed E-state index contributed by atoms with van der Waals surface area (Å²) in [6.07, 6.45) is 7.80. The lowest BCUT2D eigenvalue weighted by Crippen LogP contribution is -2.32. The molecule has 7 nitrogen and oxygen atoms in total. The molecule has 3 aromatic rings. The topological polar surface area (TPSA) is 76.8 Å². The first-order chi connectivity index (χ1) is 13.2. The van der Waals surface area contributed by atoms with Gasteiger partial charge in [0.2, 0.25) is 0 Å². The van der Waals surface area contributed by atoms with Gasteiger partial charge in [0.25, 0.3) is 5.91 Å². The second-order valence-electron chi connectivity index (χ2n) is 6.58. The molecule has 0 bridgehead atoms. The maximum atomic E-state index is 12.5. The number of carbonyl (C=O) groups excluding carboxylic acids is 1. The number of imidazole rings is 1. The molecule has 1 fully saturated rings. The lowest BCUT2D eigenvalue weighted by molar-refractivity contribution is 0.102. The Morgan fingerprint density at radius 3 is 2.81 bits per heavy atom. The minimum absolute atomic E-state index is 0.193. The molecule has 2 N–H and O–H groups in total. The summed E-state index contributed by atoms with van der Waals surface area (Å²) in [6.45, 7) is 1.96. The molecular weight excluding hydrogens is 360 g/mol. The number of anilines is 1. The van der Waals surface area contributed by atoms with Crippen molar-refractivity contribution in [2.45, 2.75) is 28.9 Å². The van der Waals surface area contributed by atoms with Gasteiger partial charge in [-0.3, -0.25) is 9.48 Å². The van der Waals surface area contributed by atoms with Gasteiger partial charge in [0.15, 0.2) is 10.9 Å². The number of hydrogen-bond acceptors (Lipinski definition) is 5. The Balaban J connectivity index is 1.38. The third-order valence-electron chi connectivity index (χ3n) is 4.58. The molecule has 1 aliphatic rings. The van der Waals surface area contributed by atoms with Crippen molar-refractivity contribution in [2.24, 2.45) is 7.05 Å². The average molecular weight is 382 g/mol. The van der Waals surface area contributed by atoms with Crippen LogP contribution in [0, 0.1) is 0 Å². The highest BCUT2D eigenvalue weighted by Crippen LogP contribution is 2.27. The molecule has 0 spiro atoms. The molecule has 8 heteroatoms. The number of aryl methyl sites for hydroxylation is 1. The SMILES string of the molecule is Cn1ccnc1Sc1ccc(NC(=O)c2ccn(C3CCCNC3)n2)cc1. The van der Waals surface area contributed by atoms with E-state index in [1.165, 1.54) is 0 Å². The van der Waals surface area contributed by atoms with E-state index in [4.69, 9.17) is 0 Å². The van der Waals surface area contributed by atoms with Crippen molar-refractivity contribution in [1.29, 1.82) is 0 Å². The summed E-state index contributed by atoms with van der Waals surface area (Å²) < 4.78 is 3.87. The van der Waals surface area contributed by atoms with Crippen LogP contribution in [0.2, 0.25) is 0 Å². The zero-order chi connectivity index (χ0) is 18.6. The maximum absolute atomic E-state index is 12.5. The van der Waals surface area contributed by atoms with Gasteiger partial charge >= 0.3 is 0 Å². The van der Waals surface area contributed by atoms with E-state index in [0.717, 1.165) is 41.7 Å². The number of rotatable bonds is 5. The van der Waals surface area contributed by atoms with Crippen LogP contribution in [0.4, 0.5) is 5.69 Å². The summed E-state index contributed by atoms with van der Waals surface area (Å²) in [4.78, 5) is 17.8. The summed E-state index contributed by atoms with van der Waals surface area (Å²) in [5, 5.41) is 11.7. The van der Waals surface area contributed by atoms with E-state index in [-0.39, 0.29) is 5.91 Å². The van der Waals surface area contributed by atoms with Gasteiger partial charge in [0.1, 0.15) is 0 Å². The molecule has 1 atom stereocenters.